The number of hydrogen-bond acceptors (Lipinski definition) is 3. The molecule has 0 fully saturated rings. The first-order valence-corrected chi connectivity index (χ1v) is 6.44. The molecule has 2 aromatic carbocycles. The van der Waals surface area contributed by atoms with E-state index in [1.165, 1.54) is 43.5 Å². The molecule has 1 N–H and O–H groups in total. The normalized spacial score (nSPS) is 10.3. The Balaban J connectivity index is 2.23. The molecule has 21 heavy (non-hydrogen) atoms. The number of nitrogens with one attached hydrogen (secondary N) is 1. The lowest BCUT2D eigenvalue weighted by atomic mass is 10.1. The van der Waals surface area contributed by atoms with Crippen LogP contribution in [-0.4, -0.2) is 13.1 Å². The van der Waals surface area contributed by atoms with Gasteiger partial charge in [-0.2, -0.15) is 0 Å². The first-order chi connectivity index (χ1) is 10.0. The quantitative estimate of drug-likeness (QED) is 0.867. The number of ether oxygens (including phenoxy) is 1. The van der Waals surface area contributed by atoms with E-state index in [1.54, 1.807) is 0 Å². The monoisotopic (exact) mass is 311 g/mol. The molecule has 6 heteroatoms. The molecule has 0 atom stereocenters. The minimum Gasteiger partial charge on any atom is -0.465 e. The van der Waals surface area contributed by atoms with E-state index >= 15 is 0 Å². The molecule has 0 radical (unpaired) electrons. The van der Waals surface area contributed by atoms with Gasteiger partial charge in [0, 0.05) is 11.6 Å². The van der Waals surface area contributed by atoms with E-state index in [0.29, 0.717) is 5.56 Å². The summed E-state index contributed by atoms with van der Waals surface area (Å²) in [6.07, 6.45) is 0. The summed E-state index contributed by atoms with van der Waals surface area (Å²) in [5, 5.41) is 3.15. The maximum Gasteiger partial charge on any atom is 0.339 e. The van der Waals surface area contributed by atoms with Gasteiger partial charge in [0.2, 0.25) is 0 Å². The number of hydrogen-bond donors (Lipinski definition) is 1. The molecule has 2 aromatic rings. The highest BCUT2D eigenvalue weighted by atomic mass is 35.5. The first kappa shape index (κ1) is 15.3. The summed E-state index contributed by atoms with van der Waals surface area (Å²) < 4.78 is 30.9. The van der Waals surface area contributed by atoms with Crippen LogP contribution < -0.4 is 5.32 Å². The van der Waals surface area contributed by atoms with Crippen molar-refractivity contribution in [3.63, 3.8) is 0 Å². The fourth-order valence-electron chi connectivity index (χ4n) is 1.81. The highest BCUT2D eigenvalue weighted by Gasteiger charge is 2.13. The van der Waals surface area contributed by atoms with E-state index in [4.69, 9.17) is 11.6 Å². The Hall–Kier alpha value is -2.14. The van der Waals surface area contributed by atoms with Crippen molar-refractivity contribution < 1.29 is 18.3 Å². The average molecular weight is 312 g/mol. The number of benzene rings is 2. The summed E-state index contributed by atoms with van der Waals surface area (Å²) in [7, 11) is 1.24. The molecule has 0 aromatic heterocycles. The molecule has 0 saturated carbocycles. The Morgan fingerprint density at radius 3 is 2.52 bits per heavy atom. The molecule has 0 aliphatic heterocycles. The van der Waals surface area contributed by atoms with Gasteiger partial charge in [-0.1, -0.05) is 17.7 Å². The molecule has 0 bridgehead atoms. The maximum absolute atomic E-state index is 13.3. The molecule has 110 valence electrons. The Kier molecular flexibility index (Phi) is 4.75. The van der Waals surface area contributed by atoms with Crippen molar-refractivity contribution >= 4 is 23.3 Å². The lowest BCUT2D eigenvalue weighted by Crippen LogP contribution is -2.09. The van der Waals surface area contributed by atoms with Crippen molar-refractivity contribution in [1.82, 2.24) is 0 Å². The summed E-state index contributed by atoms with van der Waals surface area (Å²) >= 11 is 5.91. The Labute approximate surface area is 125 Å². The van der Waals surface area contributed by atoms with Gasteiger partial charge >= 0.3 is 5.97 Å². The van der Waals surface area contributed by atoms with Crippen LogP contribution in [0.15, 0.2) is 36.4 Å². The summed E-state index contributed by atoms with van der Waals surface area (Å²) in [6, 6.07) is 7.66. The molecular weight excluding hydrogens is 300 g/mol. The molecular formula is C15H12ClF2NO2. The molecule has 0 aliphatic carbocycles. The fourth-order valence-corrected chi connectivity index (χ4v) is 2.04. The van der Waals surface area contributed by atoms with Crippen LogP contribution >= 0.6 is 11.6 Å². The summed E-state index contributed by atoms with van der Waals surface area (Å²) in [6.45, 7) is 0.215. The number of anilines is 1. The number of halogens is 3. The van der Waals surface area contributed by atoms with Gasteiger partial charge in [-0.05, 0) is 35.9 Å². The molecule has 0 aliphatic rings. The van der Waals surface area contributed by atoms with Gasteiger partial charge in [0.15, 0.2) is 0 Å². The number of carbonyl (C=O) groups excluding carboxylic acids is 1. The number of esters is 1. The largest absolute Gasteiger partial charge is 0.465 e. The third kappa shape index (κ3) is 3.70. The highest BCUT2D eigenvalue weighted by molar-refractivity contribution is 6.31. The van der Waals surface area contributed by atoms with Crippen LogP contribution in [0.25, 0.3) is 0 Å². The van der Waals surface area contributed by atoms with E-state index in [-0.39, 0.29) is 22.8 Å². The summed E-state index contributed by atoms with van der Waals surface area (Å²) in [4.78, 5) is 11.6. The zero-order valence-corrected chi connectivity index (χ0v) is 11.9. The average Bonchev–Trinajstić information content (AvgIpc) is 2.45. The van der Waals surface area contributed by atoms with E-state index in [0.717, 1.165) is 0 Å². The minimum absolute atomic E-state index is 0.206. The molecule has 2 rings (SSSR count). The van der Waals surface area contributed by atoms with Gasteiger partial charge in [-0.15, -0.1) is 0 Å². The third-order valence-corrected chi connectivity index (χ3v) is 3.22. The number of methoxy groups -OCH3 is 1. The first-order valence-electron chi connectivity index (χ1n) is 6.07. The van der Waals surface area contributed by atoms with Crippen molar-refractivity contribution in [2.75, 3.05) is 12.4 Å². The second kappa shape index (κ2) is 6.54. The minimum atomic E-state index is -0.581. The van der Waals surface area contributed by atoms with E-state index in [1.807, 2.05) is 0 Å². The van der Waals surface area contributed by atoms with E-state index in [2.05, 4.69) is 10.1 Å². The van der Waals surface area contributed by atoms with Crippen LogP contribution in [0.3, 0.4) is 0 Å². The van der Waals surface area contributed by atoms with Crippen LogP contribution in [0.5, 0.6) is 0 Å². The fraction of sp³-hybridized carbons (Fsp3) is 0.133. The van der Waals surface area contributed by atoms with Gasteiger partial charge in [-0.3, -0.25) is 0 Å². The SMILES string of the molecule is COC(=O)c1ccc(F)cc1NCc1ccc(F)cc1Cl. The molecule has 0 amide bonds. The molecule has 0 unspecified atom stereocenters. The smallest absolute Gasteiger partial charge is 0.339 e. The van der Waals surface area contributed by atoms with Crippen LogP contribution in [-0.2, 0) is 11.3 Å². The van der Waals surface area contributed by atoms with Gasteiger partial charge in [0.25, 0.3) is 0 Å². The molecule has 0 spiro atoms. The molecule has 0 heterocycles. The second-order valence-electron chi connectivity index (χ2n) is 4.27. The summed E-state index contributed by atoms with van der Waals surface area (Å²) in [5.74, 6) is -1.51. The zero-order valence-electron chi connectivity index (χ0n) is 11.1. The third-order valence-electron chi connectivity index (χ3n) is 2.87. The van der Waals surface area contributed by atoms with Crippen molar-refractivity contribution in [3.8, 4) is 0 Å². The maximum atomic E-state index is 13.3. The highest BCUT2D eigenvalue weighted by Crippen LogP contribution is 2.22. The van der Waals surface area contributed by atoms with Crippen LogP contribution in [0.4, 0.5) is 14.5 Å². The predicted octanol–water partition coefficient (Wildman–Crippen LogP) is 4.02. The Morgan fingerprint density at radius 1 is 1.19 bits per heavy atom. The predicted molar refractivity (Wildman–Crippen MR) is 76.5 cm³/mol. The van der Waals surface area contributed by atoms with Gasteiger partial charge in [-0.25, -0.2) is 13.6 Å². The van der Waals surface area contributed by atoms with E-state index < -0.39 is 17.6 Å². The van der Waals surface area contributed by atoms with Gasteiger partial charge in [0.1, 0.15) is 11.6 Å². The van der Waals surface area contributed by atoms with Gasteiger partial charge in [0.05, 0.1) is 18.4 Å². The lowest BCUT2D eigenvalue weighted by molar-refractivity contribution is 0.0602. The van der Waals surface area contributed by atoms with Crippen molar-refractivity contribution in [2.45, 2.75) is 6.54 Å². The molecule has 3 nitrogen and oxygen atoms in total. The molecule has 0 saturated heterocycles. The summed E-state index contributed by atoms with van der Waals surface area (Å²) in [5.41, 5.74) is 1.11. The topological polar surface area (TPSA) is 38.3 Å². The zero-order chi connectivity index (χ0) is 15.4. The lowest BCUT2D eigenvalue weighted by Gasteiger charge is -2.12. The van der Waals surface area contributed by atoms with Crippen LogP contribution in [0, 0.1) is 11.6 Å². The van der Waals surface area contributed by atoms with Crippen molar-refractivity contribution in [1.29, 1.82) is 0 Å². The van der Waals surface area contributed by atoms with Crippen molar-refractivity contribution in [3.05, 3.63) is 64.2 Å². The van der Waals surface area contributed by atoms with Crippen LogP contribution in [0.2, 0.25) is 5.02 Å². The van der Waals surface area contributed by atoms with Gasteiger partial charge < -0.3 is 10.1 Å². The number of carbonyl (C=O) groups is 1. The van der Waals surface area contributed by atoms with Crippen molar-refractivity contribution in [2.24, 2.45) is 0 Å². The standard InChI is InChI=1S/C15H12ClF2NO2/c1-21-15(20)12-5-4-11(18)7-14(12)19-8-9-2-3-10(17)6-13(9)16/h2-7,19H,8H2,1H3. The van der Waals surface area contributed by atoms with Crippen LogP contribution in [0.1, 0.15) is 15.9 Å². The Bertz CT molecular complexity index is 677. The van der Waals surface area contributed by atoms with E-state index in [9.17, 15) is 13.6 Å². The Morgan fingerprint density at radius 2 is 1.86 bits per heavy atom. The second-order valence-corrected chi connectivity index (χ2v) is 4.68. The number of rotatable bonds is 4.